The molecule has 1 aromatic carbocycles. The number of aromatic amines is 1. The van der Waals surface area contributed by atoms with Crippen LogP contribution in [0.5, 0.6) is 5.75 Å². The van der Waals surface area contributed by atoms with Gasteiger partial charge in [-0.15, -0.1) is 12.4 Å². The Bertz CT molecular complexity index is 1250. The maximum Gasteiger partial charge on any atom is 0.263 e. The third-order valence-electron chi connectivity index (χ3n) is 5.56. The smallest absolute Gasteiger partial charge is 0.263 e. The van der Waals surface area contributed by atoms with Gasteiger partial charge in [0.25, 0.3) is 11.4 Å². The molecule has 0 spiro atoms. The SMILES string of the molecule is Cc1nn2c(C3CCNCC3)cc(=O)[nH]c2c1-c1nc(Cc2ccc(O)cc2)no1.Cl. The highest BCUT2D eigenvalue weighted by Gasteiger charge is 2.24. The van der Waals surface area contributed by atoms with E-state index in [-0.39, 0.29) is 29.6 Å². The van der Waals surface area contributed by atoms with E-state index in [1.807, 2.05) is 23.6 Å². The van der Waals surface area contributed by atoms with Crippen LogP contribution in [-0.4, -0.2) is 42.9 Å². The molecule has 31 heavy (non-hydrogen) atoms. The number of hydrogen-bond acceptors (Lipinski definition) is 7. The van der Waals surface area contributed by atoms with Crippen molar-refractivity contribution in [2.45, 2.75) is 32.1 Å². The van der Waals surface area contributed by atoms with Gasteiger partial charge in [0.15, 0.2) is 5.82 Å². The third-order valence-corrected chi connectivity index (χ3v) is 5.56. The molecule has 0 bridgehead atoms. The summed E-state index contributed by atoms with van der Waals surface area (Å²) in [7, 11) is 0. The van der Waals surface area contributed by atoms with Gasteiger partial charge in [-0.2, -0.15) is 10.1 Å². The quantitative estimate of drug-likeness (QED) is 0.444. The van der Waals surface area contributed by atoms with Crippen molar-refractivity contribution in [1.29, 1.82) is 0 Å². The Morgan fingerprint density at radius 3 is 2.71 bits per heavy atom. The molecule has 0 atom stereocenters. The van der Waals surface area contributed by atoms with Gasteiger partial charge < -0.3 is 19.9 Å². The van der Waals surface area contributed by atoms with Crippen LogP contribution in [0.4, 0.5) is 0 Å². The second kappa shape index (κ2) is 8.52. The van der Waals surface area contributed by atoms with Gasteiger partial charge in [0, 0.05) is 18.4 Å². The van der Waals surface area contributed by atoms with E-state index in [0.717, 1.165) is 37.2 Å². The normalized spacial score (nSPS) is 14.6. The van der Waals surface area contributed by atoms with E-state index >= 15 is 0 Å². The first-order valence-corrected chi connectivity index (χ1v) is 10.0. The summed E-state index contributed by atoms with van der Waals surface area (Å²) in [6.45, 7) is 3.73. The molecule has 1 fully saturated rings. The number of nitrogens with one attached hydrogen (secondary N) is 2. The predicted octanol–water partition coefficient (Wildman–Crippen LogP) is 2.57. The molecule has 4 aromatic rings. The van der Waals surface area contributed by atoms with Crippen molar-refractivity contribution in [1.82, 2.24) is 30.1 Å². The van der Waals surface area contributed by atoms with Crippen molar-refractivity contribution in [3.05, 3.63) is 63.5 Å². The number of hydrogen-bond donors (Lipinski definition) is 3. The molecule has 5 rings (SSSR count). The van der Waals surface area contributed by atoms with E-state index in [0.29, 0.717) is 35.0 Å². The fraction of sp³-hybridized carbons (Fsp3) is 0.333. The molecule has 3 N–H and O–H groups in total. The Labute approximate surface area is 183 Å². The van der Waals surface area contributed by atoms with E-state index in [1.165, 1.54) is 0 Å². The minimum absolute atomic E-state index is 0. The zero-order valence-electron chi connectivity index (χ0n) is 17.0. The van der Waals surface area contributed by atoms with Crippen LogP contribution in [0.1, 0.15) is 41.5 Å². The first-order valence-electron chi connectivity index (χ1n) is 10.0. The molecule has 0 saturated carbocycles. The number of aryl methyl sites for hydroxylation is 1. The summed E-state index contributed by atoms with van der Waals surface area (Å²) < 4.78 is 7.33. The van der Waals surface area contributed by atoms with Gasteiger partial charge in [0.1, 0.15) is 17.0 Å². The van der Waals surface area contributed by atoms with Gasteiger partial charge in [0.2, 0.25) is 0 Å². The number of piperidine rings is 1. The van der Waals surface area contributed by atoms with Crippen LogP contribution in [0.2, 0.25) is 0 Å². The van der Waals surface area contributed by atoms with E-state index in [2.05, 4.69) is 25.5 Å². The molecular weight excluding hydrogens is 420 g/mol. The van der Waals surface area contributed by atoms with Gasteiger partial charge in [-0.3, -0.25) is 4.79 Å². The number of rotatable bonds is 4. The van der Waals surface area contributed by atoms with Crippen LogP contribution in [0.15, 0.2) is 39.6 Å². The van der Waals surface area contributed by atoms with Crippen LogP contribution >= 0.6 is 12.4 Å². The molecule has 10 heteroatoms. The van der Waals surface area contributed by atoms with Gasteiger partial charge in [-0.1, -0.05) is 17.3 Å². The summed E-state index contributed by atoms with van der Waals surface area (Å²) in [6.07, 6.45) is 2.40. The van der Waals surface area contributed by atoms with Crippen LogP contribution in [0, 0.1) is 6.92 Å². The molecule has 1 aliphatic rings. The Kier molecular flexibility index (Phi) is 5.79. The minimum Gasteiger partial charge on any atom is -0.508 e. The minimum atomic E-state index is -0.166. The predicted molar refractivity (Wildman–Crippen MR) is 117 cm³/mol. The number of phenolic OH excluding ortho intramolecular Hbond substituents is 1. The zero-order valence-corrected chi connectivity index (χ0v) is 17.8. The van der Waals surface area contributed by atoms with Crippen molar-refractivity contribution in [3.8, 4) is 17.2 Å². The van der Waals surface area contributed by atoms with Gasteiger partial charge in [-0.05, 0) is 50.6 Å². The average molecular weight is 443 g/mol. The van der Waals surface area contributed by atoms with E-state index < -0.39 is 0 Å². The largest absolute Gasteiger partial charge is 0.508 e. The number of nitrogens with zero attached hydrogens (tertiary/aromatic N) is 4. The number of halogens is 1. The topological polar surface area (TPSA) is 121 Å². The lowest BCUT2D eigenvalue weighted by atomic mass is 9.94. The van der Waals surface area contributed by atoms with Crippen molar-refractivity contribution in [3.63, 3.8) is 0 Å². The van der Waals surface area contributed by atoms with Crippen LogP contribution in [0.25, 0.3) is 17.1 Å². The molecule has 9 nitrogen and oxygen atoms in total. The van der Waals surface area contributed by atoms with Crippen LogP contribution < -0.4 is 10.9 Å². The van der Waals surface area contributed by atoms with E-state index in [9.17, 15) is 9.90 Å². The summed E-state index contributed by atoms with van der Waals surface area (Å²) in [5.41, 5.74) is 3.64. The maximum absolute atomic E-state index is 12.4. The second-order valence-electron chi connectivity index (χ2n) is 7.66. The standard InChI is InChI=1S/C21H22N6O3.ClH/c1-12-19(21-23-17(26-30-21)10-13-2-4-15(28)5-3-13)20-24-18(29)11-16(27(20)25-12)14-6-8-22-9-7-14;/h2-5,11,14,22,28H,6-10H2,1H3,(H,24,29);1H. The number of aromatic hydroxyl groups is 1. The Morgan fingerprint density at radius 1 is 1.23 bits per heavy atom. The third kappa shape index (κ3) is 4.06. The highest BCUT2D eigenvalue weighted by Crippen LogP contribution is 2.30. The van der Waals surface area contributed by atoms with Gasteiger partial charge in [-0.25, -0.2) is 4.52 Å². The lowest BCUT2D eigenvalue weighted by Gasteiger charge is -2.23. The number of H-pyrrole nitrogens is 1. The molecule has 3 aromatic heterocycles. The molecule has 0 aliphatic carbocycles. The molecule has 0 unspecified atom stereocenters. The van der Waals surface area contributed by atoms with Crippen LogP contribution in [0.3, 0.4) is 0 Å². The first kappa shape index (κ1) is 21.1. The van der Waals surface area contributed by atoms with E-state index in [1.54, 1.807) is 18.2 Å². The zero-order chi connectivity index (χ0) is 20.7. The van der Waals surface area contributed by atoms with Gasteiger partial charge >= 0.3 is 0 Å². The molecular formula is C21H23ClN6O3. The van der Waals surface area contributed by atoms with Crippen molar-refractivity contribution in [2.24, 2.45) is 0 Å². The highest BCUT2D eigenvalue weighted by molar-refractivity contribution is 5.85. The van der Waals surface area contributed by atoms with Gasteiger partial charge in [0.05, 0.1) is 11.4 Å². The number of aromatic nitrogens is 5. The summed E-state index contributed by atoms with van der Waals surface area (Å²) >= 11 is 0. The Morgan fingerprint density at radius 2 is 1.97 bits per heavy atom. The van der Waals surface area contributed by atoms with E-state index in [4.69, 9.17) is 4.52 Å². The lowest BCUT2D eigenvalue weighted by molar-refractivity contribution is 0.424. The molecule has 1 aliphatic heterocycles. The van der Waals surface area contributed by atoms with Crippen molar-refractivity contribution >= 4 is 18.1 Å². The fourth-order valence-corrected chi connectivity index (χ4v) is 4.07. The molecule has 0 radical (unpaired) electrons. The first-order chi connectivity index (χ1) is 14.6. The number of phenols is 1. The monoisotopic (exact) mass is 442 g/mol. The summed E-state index contributed by atoms with van der Waals surface area (Å²) in [5, 5.41) is 21.5. The summed E-state index contributed by atoms with van der Waals surface area (Å²) in [5.74, 6) is 1.33. The van der Waals surface area contributed by atoms with Crippen molar-refractivity contribution < 1.29 is 9.63 Å². The van der Waals surface area contributed by atoms with Crippen LogP contribution in [-0.2, 0) is 6.42 Å². The Hall–Kier alpha value is -3.17. The molecule has 4 heterocycles. The number of fused-ring (bicyclic) bond motifs is 1. The fourth-order valence-electron chi connectivity index (χ4n) is 4.07. The summed E-state index contributed by atoms with van der Waals surface area (Å²) in [6, 6.07) is 8.52. The maximum atomic E-state index is 12.4. The second-order valence-corrected chi connectivity index (χ2v) is 7.66. The average Bonchev–Trinajstić information content (AvgIpc) is 3.33. The molecule has 0 amide bonds. The van der Waals surface area contributed by atoms with Crippen molar-refractivity contribution in [2.75, 3.05) is 13.1 Å². The molecule has 162 valence electrons. The lowest BCUT2D eigenvalue weighted by Crippen LogP contribution is -2.28. The summed E-state index contributed by atoms with van der Waals surface area (Å²) in [4.78, 5) is 19.8. The number of benzene rings is 1. The Balaban J connectivity index is 0.00000231. The highest BCUT2D eigenvalue weighted by atomic mass is 35.5. The molecule has 1 saturated heterocycles.